The number of nitrogens with one attached hydrogen (secondary N) is 1. The fourth-order valence-corrected chi connectivity index (χ4v) is 2.41. The molecular weight excluding hydrogens is 258 g/mol. The molecule has 1 N–H and O–H groups in total. The number of nitrogens with zero attached hydrogens (tertiary/aromatic N) is 2. The van der Waals surface area contributed by atoms with Crippen LogP contribution >= 0.6 is 22.9 Å². The molecule has 2 aromatic rings. The van der Waals surface area contributed by atoms with Crippen molar-refractivity contribution in [2.24, 2.45) is 0 Å². The fraction of sp³-hybridized carbons (Fsp3) is 0.364. The number of methoxy groups -OCH3 is 1. The molecule has 0 saturated heterocycles. The van der Waals surface area contributed by atoms with E-state index in [9.17, 15) is 0 Å². The van der Waals surface area contributed by atoms with E-state index in [2.05, 4.69) is 10.4 Å². The highest BCUT2D eigenvalue weighted by atomic mass is 35.5. The maximum Gasteiger partial charge on any atom is 0.0729 e. The molecule has 0 amide bonds. The molecule has 0 aliphatic rings. The molecule has 2 heterocycles. The molecule has 0 bridgehead atoms. The molecule has 2 aromatic heterocycles. The standard InChI is InChI=1S/C11H14ClN3OS/c1-16-3-2-15-7-10(5-14-15)13-6-11-4-9(12)8-17-11/h4-5,7-8,13H,2-3,6H2,1H3. The van der Waals surface area contributed by atoms with E-state index in [1.54, 1.807) is 18.4 Å². The first-order chi connectivity index (χ1) is 8.28. The van der Waals surface area contributed by atoms with Gasteiger partial charge in [0, 0.05) is 30.1 Å². The van der Waals surface area contributed by atoms with Crippen molar-refractivity contribution in [2.45, 2.75) is 13.1 Å². The maximum atomic E-state index is 5.86. The largest absolute Gasteiger partial charge is 0.383 e. The Balaban J connectivity index is 1.84. The number of hydrogen-bond donors (Lipinski definition) is 1. The molecule has 0 atom stereocenters. The van der Waals surface area contributed by atoms with Crippen LogP contribution in [0.4, 0.5) is 5.69 Å². The minimum Gasteiger partial charge on any atom is -0.383 e. The first-order valence-corrected chi connectivity index (χ1v) is 6.52. The Hall–Kier alpha value is -1.04. The Labute approximate surface area is 109 Å². The Morgan fingerprint density at radius 2 is 2.47 bits per heavy atom. The van der Waals surface area contributed by atoms with Gasteiger partial charge < -0.3 is 10.1 Å². The fourth-order valence-electron chi connectivity index (χ4n) is 1.40. The summed E-state index contributed by atoms with van der Waals surface area (Å²) < 4.78 is 6.85. The van der Waals surface area contributed by atoms with Crippen molar-refractivity contribution in [3.05, 3.63) is 33.7 Å². The van der Waals surface area contributed by atoms with Gasteiger partial charge in [0.15, 0.2) is 0 Å². The molecule has 0 fully saturated rings. The van der Waals surface area contributed by atoms with Gasteiger partial charge >= 0.3 is 0 Å². The second-order valence-electron chi connectivity index (χ2n) is 3.57. The minimum absolute atomic E-state index is 0.668. The molecule has 6 heteroatoms. The van der Waals surface area contributed by atoms with E-state index < -0.39 is 0 Å². The van der Waals surface area contributed by atoms with Crippen molar-refractivity contribution < 1.29 is 4.74 Å². The highest BCUT2D eigenvalue weighted by Crippen LogP contribution is 2.20. The molecule has 0 radical (unpaired) electrons. The van der Waals surface area contributed by atoms with Crippen molar-refractivity contribution in [1.29, 1.82) is 0 Å². The van der Waals surface area contributed by atoms with E-state index in [1.807, 2.05) is 28.5 Å². The number of ether oxygens (including phenoxy) is 1. The van der Waals surface area contributed by atoms with Crippen molar-refractivity contribution in [3.63, 3.8) is 0 Å². The highest BCUT2D eigenvalue weighted by molar-refractivity contribution is 7.10. The first kappa shape index (κ1) is 12.4. The molecule has 0 spiro atoms. The van der Waals surface area contributed by atoms with Crippen molar-refractivity contribution in [1.82, 2.24) is 9.78 Å². The Bertz CT molecular complexity index is 469. The van der Waals surface area contributed by atoms with Gasteiger partial charge in [-0.3, -0.25) is 4.68 Å². The summed E-state index contributed by atoms with van der Waals surface area (Å²) in [6.45, 7) is 2.21. The SMILES string of the molecule is COCCn1cc(NCc2cc(Cl)cs2)cn1. The number of hydrogen-bond acceptors (Lipinski definition) is 4. The number of aromatic nitrogens is 2. The molecule has 0 unspecified atom stereocenters. The second-order valence-corrected chi connectivity index (χ2v) is 5.00. The Morgan fingerprint density at radius 3 is 3.18 bits per heavy atom. The summed E-state index contributed by atoms with van der Waals surface area (Å²) in [6, 6.07) is 1.97. The zero-order chi connectivity index (χ0) is 12.1. The van der Waals surface area contributed by atoms with Gasteiger partial charge in [0.05, 0.1) is 30.1 Å². The number of rotatable bonds is 6. The van der Waals surface area contributed by atoms with Crippen LogP contribution in [0.1, 0.15) is 4.88 Å². The topological polar surface area (TPSA) is 39.1 Å². The van der Waals surface area contributed by atoms with Gasteiger partial charge in [-0.15, -0.1) is 11.3 Å². The number of anilines is 1. The van der Waals surface area contributed by atoms with E-state index in [0.717, 1.165) is 23.8 Å². The predicted octanol–water partition coefficient (Wildman–Crippen LogP) is 2.86. The van der Waals surface area contributed by atoms with Crippen LogP contribution in [0.2, 0.25) is 5.02 Å². The van der Waals surface area contributed by atoms with Crippen LogP contribution in [0.5, 0.6) is 0 Å². The van der Waals surface area contributed by atoms with Crippen LogP contribution in [0, 0.1) is 0 Å². The van der Waals surface area contributed by atoms with Crippen molar-refractivity contribution in [3.8, 4) is 0 Å². The molecule has 0 saturated carbocycles. The average Bonchev–Trinajstić information content (AvgIpc) is 2.93. The normalized spacial score (nSPS) is 10.7. The van der Waals surface area contributed by atoms with Crippen LogP contribution in [-0.4, -0.2) is 23.5 Å². The minimum atomic E-state index is 0.668. The molecule has 92 valence electrons. The van der Waals surface area contributed by atoms with E-state index in [1.165, 1.54) is 4.88 Å². The van der Waals surface area contributed by atoms with Gasteiger partial charge in [0.2, 0.25) is 0 Å². The van der Waals surface area contributed by atoms with Gasteiger partial charge in [-0.05, 0) is 6.07 Å². The third-order valence-corrected chi connectivity index (χ3v) is 3.53. The summed E-state index contributed by atoms with van der Waals surface area (Å²) in [7, 11) is 1.68. The molecule has 0 aromatic carbocycles. The van der Waals surface area contributed by atoms with Crippen molar-refractivity contribution in [2.75, 3.05) is 19.0 Å². The summed E-state index contributed by atoms with van der Waals surface area (Å²) >= 11 is 7.50. The van der Waals surface area contributed by atoms with Crippen LogP contribution in [-0.2, 0) is 17.8 Å². The molecule has 4 nitrogen and oxygen atoms in total. The lowest BCUT2D eigenvalue weighted by molar-refractivity contribution is 0.183. The van der Waals surface area contributed by atoms with Gasteiger partial charge in [0.25, 0.3) is 0 Å². The summed E-state index contributed by atoms with van der Waals surface area (Å²) in [4.78, 5) is 1.21. The van der Waals surface area contributed by atoms with E-state index in [-0.39, 0.29) is 0 Å². The molecule has 2 rings (SSSR count). The average molecular weight is 272 g/mol. The third-order valence-electron chi connectivity index (χ3n) is 2.25. The Kier molecular flexibility index (Phi) is 4.42. The van der Waals surface area contributed by atoms with E-state index >= 15 is 0 Å². The smallest absolute Gasteiger partial charge is 0.0729 e. The molecule has 0 aliphatic heterocycles. The van der Waals surface area contributed by atoms with Gasteiger partial charge in [-0.1, -0.05) is 11.6 Å². The van der Waals surface area contributed by atoms with Crippen LogP contribution in [0.3, 0.4) is 0 Å². The summed E-state index contributed by atoms with van der Waals surface area (Å²) in [5.41, 5.74) is 1.01. The molecular formula is C11H14ClN3OS. The third kappa shape index (κ3) is 3.73. The highest BCUT2D eigenvalue weighted by Gasteiger charge is 2.00. The molecule has 0 aliphatic carbocycles. The zero-order valence-corrected chi connectivity index (χ0v) is 11.1. The zero-order valence-electron chi connectivity index (χ0n) is 9.52. The summed E-state index contributed by atoms with van der Waals surface area (Å²) in [5, 5.41) is 10.2. The number of thiophene rings is 1. The lowest BCUT2D eigenvalue weighted by Gasteiger charge is -2.00. The molecule has 17 heavy (non-hydrogen) atoms. The lowest BCUT2D eigenvalue weighted by atomic mass is 10.4. The first-order valence-electron chi connectivity index (χ1n) is 5.26. The summed E-state index contributed by atoms with van der Waals surface area (Å²) in [6.07, 6.45) is 3.78. The van der Waals surface area contributed by atoms with Crippen LogP contribution in [0.15, 0.2) is 23.8 Å². The van der Waals surface area contributed by atoms with Gasteiger partial charge in [-0.25, -0.2) is 0 Å². The van der Waals surface area contributed by atoms with Gasteiger partial charge in [0.1, 0.15) is 0 Å². The van der Waals surface area contributed by atoms with E-state index in [0.29, 0.717) is 6.61 Å². The quantitative estimate of drug-likeness (QED) is 0.878. The summed E-state index contributed by atoms with van der Waals surface area (Å²) in [5.74, 6) is 0. The van der Waals surface area contributed by atoms with Gasteiger partial charge in [-0.2, -0.15) is 5.10 Å². The van der Waals surface area contributed by atoms with Crippen LogP contribution < -0.4 is 5.32 Å². The van der Waals surface area contributed by atoms with E-state index in [4.69, 9.17) is 16.3 Å². The number of halogens is 1. The second kappa shape index (κ2) is 6.05. The predicted molar refractivity (Wildman–Crippen MR) is 70.8 cm³/mol. The Morgan fingerprint density at radius 1 is 1.59 bits per heavy atom. The van der Waals surface area contributed by atoms with Crippen molar-refractivity contribution >= 4 is 28.6 Å². The lowest BCUT2D eigenvalue weighted by Crippen LogP contribution is -2.04. The monoisotopic (exact) mass is 271 g/mol. The maximum absolute atomic E-state index is 5.86. The van der Waals surface area contributed by atoms with Crippen LogP contribution in [0.25, 0.3) is 0 Å².